The van der Waals surface area contributed by atoms with Gasteiger partial charge in [0.05, 0.1) is 6.54 Å². The van der Waals surface area contributed by atoms with Crippen LogP contribution in [0.2, 0.25) is 0 Å². The maximum Gasteiger partial charge on any atom is 0.123 e. The second kappa shape index (κ2) is 4.45. The van der Waals surface area contributed by atoms with Crippen LogP contribution in [0.3, 0.4) is 0 Å². The van der Waals surface area contributed by atoms with Gasteiger partial charge in [0.25, 0.3) is 0 Å². The van der Waals surface area contributed by atoms with Crippen molar-refractivity contribution in [3.63, 3.8) is 0 Å². The molecule has 84 valence electrons. The lowest BCUT2D eigenvalue weighted by Crippen LogP contribution is -2.19. The highest BCUT2D eigenvalue weighted by Crippen LogP contribution is 2.14. The van der Waals surface area contributed by atoms with E-state index in [-0.39, 0.29) is 11.9 Å². The molecule has 0 saturated carbocycles. The molecule has 0 spiro atoms. The molecule has 0 aliphatic carbocycles. The molecule has 0 saturated heterocycles. The van der Waals surface area contributed by atoms with Gasteiger partial charge in [0.2, 0.25) is 0 Å². The van der Waals surface area contributed by atoms with E-state index in [0.717, 1.165) is 11.3 Å². The van der Waals surface area contributed by atoms with E-state index in [0.29, 0.717) is 6.54 Å². The van der Waals surface area contributed by atoms with E-state index in [2.05, 4.69) is 5.10 Å². The third-order valence-electron chi connectivity index (χ3n) is 2.58. The summed E-state index contributed by atoms with van der Waals surface area (Å²) in [5, 5.41) is 4.15. The molecule has 1 aromatic carbocycles. The highest BCUT2D eigenvalue weighted by atomic mass is 19.1. The van der Waals surface area contributed by atoms with Gasteiger partial charge in [-0.25, -0.2) is 4.39 Å². The van der Waals surface area contributed by atoms with Crippen LogP contribution in [0.5, 0.6) is 0 Å². The molecule has 0 aliphatic rings. The van der Waals surface area contributed by atoms with E-state index in [9.17, 15) is 4.39 Å². The Kier molecular flexibility index (Phi) is 3.01. The molecule has 1 aromatic heterocycles. The van der Waals surface area contributed by atoms with Crippen LogP contribution >= 0.6 is 0 Å². The molecule has 0 aliphatic heterocycles. The van der Waals surface area contributed by atoms with Crippen LogP contribution in [0.15, 0.2) is 36.5 Å². The van der Waals surface area contributed by atoms with E-state index in [4.69, 9.17) is 5.73 Å². The van der Waals surface area contributed by atoms with Crippen molar-refractivity contribution >= 4 is 0 Å². The summed E-state index contributed by atoms with van der Waals surface area (Å²) in [4.78, 5) is 0. The van der Waals surface area contributed by atoms with Crippen LogP contribution in [-0.2, 0) is 6.54 Å². The van der Waals surface area contributed by atoms with Gasteiger partial charge in [-0.05, 0) is 30.7 Å². The first-order chi connectivity index (χ1) is 7.66. The lowest BCUT2D eigenvalue weighted by atomic mass is 10.1. The van der Waals surface area contributed by atoms with E-state index in [1.165, 1.54) is 12.1 Å². The number of hydrogen-bond acceptors (Lipinski definition) is 2. The molecule has 16 heavy (non-hydrogen) atoms. The predicted molar refractivity (Wildman–Crippen MR) is 60.3 cm³/mol. The Labute approximate surface area is 93.7 Å². The minimum Gasteiger partial charge on any atom is -0.322 e. The molecule has 0 amide bonds. The normalized spacial score (nSPS) is 12.7. The predicted octanol–water partition coefficient (Wildman–Crippen LogP) is 2.03. The van der Waals surface area contributed by atoms with E-state index >= 15 is 0 Å². The van der Waals surface area contributed by atoms with Crippen molar-refractivity contribution in [1.82, 2.24) is 9.78 Å². The highest BCUT2D eigenvalue weighted by Gasteiger charge is 2.09. The van der Waals surface area contributed by atoms with Gasteiger partial charge in [-0.1, -0.05) is 12.1 Å². The fourth-order valence-electron chi connectivity index (χ4n) is 1.62. The van der Waals surface area contributed by atoms with Crippen LogP contribution in [0.25, 0.3) is 0 Å². The van der Waals surface area contributed by atoms with Crippen LogP contribution in [0, 0.1) is 12.7 Å². The van der Waals surface area contributed by atoms with E-state index < -0.39 is 0 Å². The second-order valence-corrected chi connectivity index (χ2v) is 3.82. The zero-order chi connectivity index (χ0) is 11.5. The Morgan fingerprint density at radius 3 is 2.88 bits per heavy atom. The number of aryl methyl sites for hydroxylation is 1. The molecule has 2 N–H and O–H groups in total. The lowest BCUT2D eigenvalue weighted by Gasteiger charge is -2.13. The molecule has 3 nitrogen and oxygen atoms in total. The lowest BCUT2D eigenvalue weighted by molar-refractivity contribution is 0.514. The van der Waals surface area contributed by atoms with Crippen LogP contribution < -0.4 is 5.73 Å². The fraction of sp³-hybridized carbons (Fsp3) is 0.250. The Balaban J connectivity index is 2.14. The number of nitrogens with zero attached hydrogens (tertiary/aromatic N) is 2. The average molecular weight is 219 g/mol. The number of benzene rings is 1. The molecular weight excluding hydrogens is 205 g/mol. The van der Waals surface area contributed by atoms with Crippen LogP contribution in [0.4, 0.5) is 4.39 Å². The summed E-state index contributed by atoms with van der Waals surface area (Å²) in [6.45, 7) is 2.52. The van der Waals surface area contributed by atoms with Gasteiger partial charge in [-0.15, -0.1) is 0 Å². The van der Waals surface area contributed by atoms with Gasteiger partial charge in [-0.2, -0.15) is 5.10 Å². The summed E-state index contributed by atoms with van der Waals surface area (Å²) < 4.78 is 14.8. The van der Waals surface area contributed by atoms with Crippen molar-refractivity contribution in [2.75, 3.05) is 0 Å². The number of hydrogen-bond donors (Lipinski definition) is 1. The molecule has 0 fully saturated rings. The van der Waals surface area contributed by atoms with Crippen molar-refractivity contribution < 1.29 is 4.39 Å². The standard InChI is InChI=1S/C12H14FN3/c1-9-5-6-15-16(9)8-12(14)10-3-2-4-11(13)7-10/h2-7,12H,8,14H2,1H3. The quantitative estimate of drug-likeness (QED) is 0.858. The SMILES string of the molecule is Cc1ccnn1CC(N)c1cccc(F)c1. The minimum absolute atomic E-state index is 0.241. The zero-order valence-electron chi connectivity index (χ0n) is 9.10. The monoisotopic (exact) mass is 219 g/mol. The van der Waals surface area contributed by atoms with Crippen LogP contribution in [-0.4, -0.2) is 9.78 Å². The number of nitrogens with two attached hydrogens (primary N) is 1. The number of halogens is 1. The summed E-state index contributed by atoms with van der Waals surface area (Å²) >= 11 is 0. The maximum atomic E-state index is 13.0. The molecule has 2 rings (SSSR count). The molecule has 2 aromatic rings. The number of aromatic nitrogens is 2. The molecule has 1 unspecified atom stereocenters. The van der Waals surface area contributed by atoms with E-state index in [1.807, 2.05) is 23.7 Å². The average Bonchev–Trinajstić information content (AvgIpc) is 2.64. The molecular formula is C12H14FN3. The number of rotatable bonds is 3. The molecule has 1 heterocycles. The van der Waals surface area contributed by atoms with Crippen molar-refractivity contribution in [1.29, 1.82) is 0 Å². The summed E-state index contributed by atoms with van der Waals surface area (Å²) in [7, 11) is 0. The third-order valence-corrected chi connectivity index (χ3v) is 2.58. The first kappa shape index (κ1) is 10.8. The van der Waals surface area contributed by atoms with Crippen molar-refractivity contribution in [2.45, 2.75) is 19.5 Å². The topological polar surface area (TPSA) is 43.8 Å². The second-order valence-electron chi connectivity index (χ2n) is 3.82. The van der Waals surface area contributed by atoms with Gasteiger partial charge in [0.1, 0.15) is 5.82 Å². The zero-order valence-corrected chi connectivity index (χ0v) is 9.10. The molecule has 0 radical (unpaired) electrons. The largest absolute Gasteiger partial charge is 0.322 e. The molecule has 4 heteroatoms. The first-order valence-electron chi connectivity index (χ1n) is 5.16. The Morgan fingerprint density at radius 1 is 1.44 bits per heavy atom. The van der Waals surface area contributed by atoms with Gasteiger partial charge >= 0.3 is 0 Å². The Bertz CT molecular complexity index is 479. The van der Waals surface area contributed by atoms with Gasteiger partial charge < -0.3 is 5.73 Å². The highest BCUT2D eigenvalue weighted by molar-refractivity contribution is 5.19. The van der Waals surface area contributed by atoms with Crippen molar-refractivity contribution in [2.24, 2.45) is 5.73 Å². The summed E-state index contributed by atoms with van der Waals surface area (Å²) in [6.07, 6.45) is 1.73. The summed E-state index contributed by atoms with van der Waals surface area (Å²) in [6, 6.07) is 8.04. The van der Waals surface area contributed by atoms with Gasteiger partial charge in [0, 0.05) is 17.9 Å². The fourth-order valence-corrected chi connectivity index (χ4v) is 1.62. The Morgan fingerprint density at radius 2 is 2.25 bits per heavy atom. The minimum atomic E-state index is -0.259. The van der Waals surface area contributed by atoms with Gasteiger partial charge in [0.15, 0.2) is 0 Å². The molecule has 1 atom stereocenters. The van der Waals surface area contributed by atoms with E-state index in [1.54, 1.807) is 12.3 Å². The van der Waals surface area contributed by atoms with Crippen molar-refractivity contribution in [3.8, 4) is 0 Å². The maximum absolute atomic E-state index is 13.0. The van der Waals surface area contributed by atoms with Gasteiger partial charge in [-0.3, -0.25) is 4.68 Å². The Hall–Kier alpha value is -1.68. The molecule has 0 bridgehead atoms. The summed E-state index contributed by atoms with van der Waals surface area (Å²) in [5.41, 5.74) is 7.83. The van der Waals surface area contributed by atoms with Crippen molar-refractivity contribution in [3.05, 3.63) is 53.6 Å². The smallest absolute Gasteiger partial charge is 0.123 e. The summed E-state index contributed by atoms with van der Waals surface area (Å²) in [5.74, 6) is -0.259. The first-order valence-corrected chi connectivity index (χ1v) is 5.16. The third kappa shape index (κ3) is 2.28. The van der Waals surface area contributed by atoms with Crippen LogP contribution in [0.1, 0.15) is 17.3 Å².